The summed E-state index contributed by atoms with van der Waals surface area (Å²) in [5.41, 5.74) is 8.48. The molecule has 2 N–H and O–H groups in total. The Morgan fingerprint density at radius 2 is 1.97 bits per heavy atom. The Morgan fingerprint density at radius 3 is 2.68 bits per heavy atom. The van der Waals surface area contributed by atoms with Gasteiger partial charge in [0.05, 0.1) is 54.8 Å². The zero-order chi connectivity index (χ0) is 24.2. The summed E-state index contributed by atoms with van der Waals surface area (Å²) in [7, 11) is 0. The first-order valence-electron chi connectivity index (χ1n) is 10.9. The molecule has 0 aliphatic carbocycles. The van der Waals surface area contributed by atoms with E-state index in [1.165, 1.54) is 6.07 Å². The number of nitrogen functional groups attached to an aromatic ring is 1. The Labute approximate surface area is 193 Å². The number of morpholine rings is 1. The zero-order valence-electron chi connectivity index (χ0n) is 18.6. The van der Waals surface area contributed by atoms with Crippen molar-refractivity contribution in [2.24, 2.45) is 0 Å². The van der Waals surface area contributed by atoms with Crippen LogP contribution in [0, 0.1) is 0 Å². The van der Waals surface area contributed by atoms with Crippen LogP contribution in [0.25, 0.3) is 10.9 Å². The standard InChI is InChI=1S/C24H23F3N4O3/c1-12-9-33-11-20(19-6-4-15(8-29-19)24(25,26)27)31(12)23(32)14-3-5-18-16(7-14)17-10-34-13(2)21(17)22(28)30-18/h3-8,12-13,20H,9-11H2,1-2H3,(H2,28,30)/t12-,13+,20-/m0/s1. The molecule has 10 heteroatoms. The number of aromatic nitrogens is 2. The molecule has 5 rings (SSSR count). The van der Waals surface area contributed by atoms with Gasteiger partial charge in [0, 0.05) is 22.7 Å². The van der Waals surface area contributed by atoms with Crippen molar-refractivity contribution in [1.29, 1.82) is 0 Å². The topological polar surface area (TPSA) is 90.6 Å². The SMILES string of the molecule is C[C@H]1OCc2c1c(N)nc1ccc(C(=O)N3[C@@H](C)COC[C@H]3c3ccc(C(F)(F)F)cn3)cc21. The minimum atomic E-state index is -4.48. The van der Waals surface area contributed by atoms with Crippen molar-refractivity contribution < 1.29 is 27.4 Å². The van der Waals surface area contributed by atoms with Gasteiger partial charge in [-0.2, -0.15) is 13.2 Å². The Balaban J connectivity index is 1.52. The number of nitrogens with zero attached hydrogens (tertiary/aromatic N) is 3. The van der Waals surface area contributed by atoms with Crippen LogP contribution in [0.3, 0.4) is 0 Å². The second kappa shape index (κ2) is 8.21. The van der Waals surface area contributed by atoms with Crippen molar-refractivity contribution in [2.45, 2.75) is 44.8 Å². The molecule has 1 aromatic carbocycles. The Bertz CT molecular complexity index is 1260. The third kappa shape index (κ3) is 3.76. The van der Waals surface area contributed by atoms with Crippen LogP contribution in [-0.2, 0) is 22.3 Å². The van der Waals surface area contributed by atoms with Gasteiger partial charge in [-0.15, -0.1) is 0 Å². The van der Waals surface area contributed by atoms with Crippen LogP contribution in [0.1, 0.15) is 58.7 Å². The summed E-state index contributed by atoms with van der Waals surface area (Å²) in [5.74, 6) is 0.156. The summed E-state index contributed by atoms with van der Waals surface area (Å²) >= 11 is 0. The molecule has 3 aromatic rings. The first kappa shape index (κ1) is 22.5. The molecule has 2 aromatic heterocycles. The van der Waals surface area contributed by atoms with Crippen molar-refractivity contribution in [3.8, 4) is 0 Å². The molecule has 0 unspecified atom stereocenters. The molecule has 2 aliphatic heterocycles. The highest BCUT2D eigenvalue weighted by Gasteiger charge is 2.37. The van der Waals surface area contributed by atoms with Crippen LogP contribution < -0.4 is 5.73 Å². The summed E-state index contributed by atoms with van der Waals surface area (Å²) < 4.78 is 50.3. The van der Waals surface area contributed by atoms with Gasteiger partial charge in [0.25, 0.3) is 5.91 Å². The van der Waals surface area contributed by atoms with E-state index in [4.69, 9.17) is 15.2 Å². The number of rotatable bonds is 2. The van der Waals surface area contributed by atoms with Crippen molar-refractivity contribution in [3.05, 3.63) is 64.5 Å². The summed E-state index contributed by atoms with van der Waals surface area (Å²) in [5, 5.41) is 0.796. The van der Waals surface area contributed by atoms with E-state index in [0.717, 1.165) is 28.8 Å². The molecule has 0 bridgehead atoms. The van der Waals surface area contributed by atoms with Gasteiger partial charge in [-0.1, -0.05) is 0 Å². The first-order chi connectivity index (χ1) is 16.1. The Hall–Kier alpha value is -3.24. The monoisotopic (exact) mass is 472 g/mol. The molecule has 1 saturated heterocycles. The maximum atomic E-state index is 13.7. The van der Waals surface area contributed by atoms with E-state index in [0.29, 0.717) is 35.8 Å². The van der Waals surface area contributed by atoms with Crippen LogP contribution in [0.4, 0.5) is 19.0 Å². The summed E-state index contributed by atoms with van der Waals surface area (Å²) in [6.07, 6.45) is -3.88. The quantitative estimate of drug-likeness (QED) is 0.594. The molecule has 2 aliphatic rings. The van der Waals surface area contributed by atoms with Gasteiger partial charge >= 0.3 is 6.18 Å². The molecule has 1 amide bonds. The highest BCUT2D eigenvalue weighted by molar-refractivity contribution is 5.99. The highest BCUT2D eigenvalue weighted by Crippen LogP contribution is 2.39. The van der Waals surface area contributed by atoms with Gasteiger partial charge < -0.3 is 20.1 Å². The van der Waals surface area contributed by atoms with Gasteiger partial charge in [-0.05, 0) is 49.7 Å². The Kier molecular flexibility index (Phi) is 5.44. The van der Waals surface area contributed by atoms with E-state index < -0.39 is 17.8 Å². The average Bonchev–Trinajstić information content (AvgIpc) is 3.20. The molecular formula is C24H23F3N4O3. The Morgan fingerprint density at radius 1 is 1.18 bits per heavy atom. The number of amides is 1. The number of carbonyl (C=O) groups is 1. The van der Waals surface area contributed by atoms with Crippen molar-refractivity contribution >= 4 is 22.6 Å². The van der Waals surface area contributed by atoms with Crippen LogP contribution in [0.2, 0.25) is 0 Å². The number of ether oxygens (including phenoxy) is 2. The number of pyridine rings is 2. The van der Waals surface area contributed by atoms with Crippen LogP contribution >= 0.6 is 0 Å². The van der Waals surface area contributed by atoms with Gasteiger partial charge in [0.1, 0.15) is 5.82 Å². The fourth-order valence-electron chi connectivity index (χ4n) is 4.71. The van der Waals surface area contributed by atoms with E-state index in [1.807, 2.05) is 13.8 Å². The van der Waals surface area contributed by atoms with Gasteiger partial charge in [-0.25, -0.2) is 4.98 Å². The minimum Gasteiger partial charge on any atom is -0.383 e. The number of hydrogen-bond donors (Lipinski definition) is 1. The van der Waals surface area contributed by atoms with E-state index in [-0.39, 0.29) is 24.7 Å². The molecule has 4 heterocycles. The number of anilines is 1. The molecule has 3 atom stereocenters. The third-order valence-corrected chi connectivity index (χ3v) is 6.43. The maximum absolute atomic E-state index is 13.7. The van der Waals surface area contributed by atoms with E-state index >= 15 is 0 Å². The van der Waals surface area contributed by atoms with Crippen molar-refractivity contribution in [2.75, 3.05) is 18.9 Å². The second-order valence-corrected chi connectivity index (χ2v) is 8.66. The number of fused-ring (bicyclic) bond motifs is 3. The fraction of sp³-hybridized carbons (Fsp3) is 0.375. The van der Waals surface area contributed by atoms with E-state index in [2.05, 4.69) is 9.97 Å². The molecule has 0 saturated carbocycles. The lowest BCUT2D eigenvalue weighted by atomic mass is 9.99. The number of halogens is 3. The lowest BCUT2D eigenvalue weighted by Crippen LogP contribution is -2.49. The zero-order valence-corrected chi connectivity index (χ0v) is 18.6. The van der Waals surface area contributed by atoms with Gasteiger partial charge in [0.15, 0.2) is 0 Å². The summed E-state index contributed by atoms with van der Waals surface area (Å²) in [4.78, 5) is 23.8. The minimum absolute atomic E-state index is 0.140. The predicted molar refractivity (Wildman–Crippen MR) is 118 cm³/mol. The van der Waals surface area contributed by atoms with Crippen molar-refractivity contribution in [1.82, 2.24) is 14.9 Å². The predicted octanol–water partition coefficient (Wildman–Crippen LogP) is 4.42. The molecule has 7 nitrogen and oxygen atoms in total. The highest BCUT2D eigenvalue weighted by atomic mass is 19.4. The molecule has 1 fully saturated rings. The van der Waals surface area contributed by atoms with Gasteiger partial charge in [-0.3, -0.25) is 9.78 Å². The number of benzene rings is 1. The van der Waals surface area contributed by atoms with Crippen molar-refractivity contribution in [3.63, 3.8) is 0 Å². The van der Waals surface area contributed by atoms with E-state index in [9.17, 15) is 18.0 Å². The maximum Gasteiger partial charge on any atom is 0.417 e. The average molecular weight is 472 g/mol. The molecule has 34 heavy (non-hydrogen) atoms. The number of carbonyl (C=O) groups excluding carboxylic acids is 1. The second-order valence-electron chi connectivity index (χ2n) is 8.66. The van der Waals surface area contributed by atoms with Crippen LogP contribution in [-0.4, -0.2) is 40.0 Å². The number of alkyl halides is 3. The third-order valence-electron chi connectivity index (χ3n) is 6.43. The molecular weight excluding hydrogens is 449 g/mol. The van der Waals surface area contributed by atoms with Crippen LogP contribution in [0.15, 0.2) is 36.5 Å². The fourth-order valence-corrected chi connectivity index (χ4v) is 4.71. The smallest absolute Gasteiger partial charge is 0.383 e. The van der Waals surface area contributed by atoms with E-state index in [1.54, 1.807) is 23.1 Å². The first-order valence-corrected chi connectivity index (χ1v) is 10.9. The normalized spacial score (nSPS) is 22.7. The summed E-state index contributed by atoms with van der Waals surface area (Å²) in [6.45, 7) is 4.58. The largest absolute Gasteiger partial charge is 0.417 e. The molecule has 0 radical (unpaired) electrons. The van der Waals surface area contributed by atoms with Gasteiger partial charge in [0.2, 0.25) is 0 Å². The molecule has 0 spiro atoms. The number of hydrogen-bond acceptors (Lipinski definition) is 6. The van der Waals surface area contributed by atoms with Crippen LogP contribution in [0.5, 0.6) is 0 Å². The lowest BCUT2D eigenvalue weighted by Gasteiger charge is -2.40. The lowest BCUT2D eigenvalue weighted by molar-refractivity contribution is -0.137. The number of nitrogens with two attached hydrogens (primary N) is 1. The molecule has 178 valence electrons. The summed E-state index contributed by atoms with van der Waals surface area (Å²) in [6, 6.07) is 6.57.